The fourth-order valence-corrected chi connectivity index (χ4v) is 2.35. The quantitative estimate of drug-likeness (QED) is 0.569. The number of phenols is 1. The number of pyridine rings is 1. The molecule has 0 atom stereocenters. The van der Waals surface area contributed by atoms with Gasteiger partial charge in [-0.1, -0.05) is 18.2 Å². The smallest absolute Gasteiger partial charge is 0.161 e. The molecule has 3 aromatic rings. The Kier molecular flexibility index (Phi) is 4.10. The Hall–Kier alpha value is -3.08. The van der Waals surface area contributed by atoms with E-state index in [1.165, 1.54) is 7.11 Å². The van der Waals surface area contributed by atoms with E-state index in [0.29, 0.717) is 11.6 Å². The van der Waals surface area contributed by atoms with Crippen LogP contribution in [-0.4, -0.2) is 23.4 Å². The molecule has 0 spiro atoms. The zero-order valence-corrected chi connectivity index (χ0v) is 12.9. The molecule has 23 heavy (non-hydrogen) atoms. The van der Waals surface area contributed by atoms with Crippen molar-refractivity contribution in [1.29, 1.82) is 0 Å². The molecule has 1 aromatic heterocycles. The third-order valence-corrected chi connectivity index (χ3v) is 3.52. The number of aromatic hydroxyl groups is 1. The lowest BCUT2D eigenvalue weighted by atomic mass is 10.1. The fraction of sp³-hybridized carbons (Fsp3) is 0.111. The van der Waals surface area contributed by atoms with Crippen LogP contribution in [0.3, 0.4) is 0 Å². The number of methoxy groups -OCH3 is 1. The van der Waals surface area contributed by atoms with E-state index in [1.54, 1.807) is 24.4 Å². The van der Waals surface area contributed by atoms with Gasteiger partial charge < -0.3 is 9.84 Å². The van der Waals surface area contributed by atoms with E-state index in [1.807, 2.05) is 37.3 Å². The van der Waals surface area contributed by atoms with Crippen molar-refractivity contribution in [3.63, 3.8) is 0 Å². The minimum atomic E-state index is 0.101. The van der Waals surface area contributed by atoms with Gasteiger partial charge in [-0.15, -0.1) is 0 Å². The molecule has 0 amide bonds. The summed E-state index contributed by atoms with van der Waals surface area (Å²) in [5.74, 6) is 1.20. The third kappa shape index (κ3) is 3.23. The second kappa shape index (κ2) is 6.36. The second-order valence-corrected chi connectivity index (χ2v) is 5.14. The van der Waals surface area contributed by atoms with Crippen molar-refractivity contribution in [2.75, 3.05) is 12.5 Å². The predicted molar refractivity (Wildman–Crippen MR) is 92.4 cm³/mol. The first kappa shape index (κ1) is 14.8. The molecule has 116 valence electrons. The lowest BCUT2D eigenvalue weighted by Crippen LogP contribution is -1.95. The van der Waals surface area contributed by atoms with Gasteiger partial charge in [0.25, 0.3) is 0 Å². The number of rotatable bonds is 4. The van der Waals surface area contributed by atoms with Gasteiger partial charge in [-0.05, 0) is 48.4 Å². The number of phenolic OH excluding ortho intramolecular Hbond substituents is 1. The highest BCUT2D eigenvalue weighted by Gasteiger charge is 2.02. The number of aryl methyl sites for hydroxylation is 1. The van der Waals surface area contributed by atoms with Crippen LogP contribution >= 0.6 is 0 Å². The third-order valence-electron chi connectivity index (χ3n) is 3.52. The van der Waals surface area contributed by atoms with Gasteiger partial charge in [0.15, 0.2) is 11.5 Å². The summed E-state index contributed by atoms with van der Waals surface area (Å²) in [6, 6.07) is 15.0. The van der Waals surface area contributed by atoms with Crippen molar-refractivity contribution in [3.05, 3.63) is 59.7 Å². The zero-order valence-electron chi connectivity index (χ0n) is 12.9. The molecule has 0 aliphatic heterocycles. The van der Waals surface area contributed by atoms with Gasteiger partial charge in [0.2, 0.25) is 0 Å². The largest absolute Gasteiger partial charge is 0.504 e. The van der Waals surface area contributed by atoms with Crippen LogP contribution < -0.4 is 10.2 Å². The SMILES string of the molecule is COc1cc(/C=N/Nc2cc(C)c3ccccc3n2)ccc1O. The van der Waals surface area contributed by atoms with Crippen LogP contribution in [0, 0.1) is 6.92 Å². The maximum absolute atomic E-state index is 9.57. The molecular weight excluding hydrogens is 290 g/mol. The van der Waals surface area contributed by atoms with Crippen molar-refractivity contribution >= 4 is 22.9 Å². The first-order valence-corrected chi connectivity index (χ1v) is 7.20. The van der Waals surface area contributed by atoms with Crippen LogP contribution in [0.25, 0.3) is 10.9 Å². The Morgan fingerprint density at radius 2 is 2.00 bits per heavy atom. The van der Waals surface area contributed by atoms with E-state index in [4.69, 9.17) is 4.74 Å². The maximum atomic E-state index is 9.57. The highest BCUT2D eigenvalue weighted by molar-refractivity contribution is 5.84. The van der Waals surface area contributed by atoms with Gasteiger partial charge in [-0.25, -0.2) is 4.98 Å². The second-order valence-electron chi connectivity index (χ2n) is 5.14. The van der Waals surface area contributed by atoms with Crippen molar-refractivity contribution in [1.82, 2.24) is 4.98 Å². The van der Waals surface area contributed by atoms with Gasteiger partial charge >= 0.3 is 0 Å². The molecule has 1 heterocycles. The summed E-state index contributed by atoms with van der Waals surface area (Å²) >= 11 is 0. The summed E-state index contributed by atoms with van der Waals surface area (Å²) in [6.45, 7) is 2.05. The van der Waals surface area contributed by atoms with Crippen LogP contribution in [0.2, 0.25) is 0 Å². The number of benzene rings is 2. The van der Waals surface area contributed by atoms with Gasteiger partial charge in [-0.3, -0.25) is 5.43 Å². The monoisotopic (exact) mass is 307 g/mol. The Labute approximate surface area is 134 Å². The summed E-state index contributed by atoms with van der Waals surface area (Å²) in [7, 11) is 1.51. The normalized spacial score (nSPS) is 11.0. The maximum Gasteiger partial charge on any atom is 0.161 e. The van der Waals surface area contributed by atoms with Crippen LogP contribution in [-0.2, 0) is 0 Å². The average molecular weight is 307 g/mol. The fourth-order valence-electron chi connectivity index (χ4n) is 2.35. The van der Waals surface area contributed by atoms with Crippen LogP contribution in [0.5, 0.6) is 11.5 Å². The Morgan fingerprint density at radius 1 is 1.17 bits per heavy atom. The van der Waals surface area contributed by atoms with Gasteiger partial charge in [0.05, 0.1) is 18.8 Å². The summed E-state index contributed by atoms with van der Waals surface area (Å²) in [6.07, 6.45) is 1.65. The van der Waals surface area contributed by atoms with Crippen LogP contribution in [0.15, 0.2) is 53.6 Å². The number of para-hydroxylation sites is 1. The van der Waals surface area contributed by atoms with Gasteiger partial charge in [0.1, 0.15) is 5.82 Å². The number of fused-ring (bicyclic) bond motifs is 1. The molecule has 0 saturated carbocycles. The minimum absolute atomic E-state index is 0.101. The highest BCUT2D eigenvalue weighted by Crippen LogP contribution is 2.25. The number of aromatic nitrogens is 1. The first-order chi connectivity index (χ1) is 11.2. The summed E-state index contributed by atoms with van der Waals surface area (Å²) < 4.78 is 5.07. The van der Waals surface area contributed by atoms with Gasteiger partial charge in [-0.2, -0.15) is 5.10 Å². The predicted octanol–water partition coefficient (Wildman–Crippen LogP) is 3.70. The van der Waals surface area contributed by atoms with Crippen molar-refractivity contribution in [2.24, 2.45) is 5.10 Å². The number of nitrogens with zero attached hydrogens (tertiary/aromatic N) is 2. The number of hydrazone groups is 1. The van der Waals surface area contributed by atoms with E-state index < -0.39 is 0 Å². The Morgan fingerprint density at radius 3 is 2.83 bits per heavy atom. The molecule has 0 aliphatic carbocycles. The summed E-state index contributed by atoms with van der Waals surface area (Å²) in [5.41, 5.74) is 5.81. The van der Waals surface area contributed by atoms with Crippen LogP contribution in [0.1, 0.15) is 11.1 Å². The highest BCUT2D eigenvalue weighted by atomic mass is 16.5. The van der Waals surface area contributed by atoms with E-state index in [-0.39, 0.29) is 5.75 Å². The molecule has 5 heteroatoms. The molecule has 5 nitrogen and oxygen atoms in total. The molecule has 0 fully saturated rings. The number of anilines is 1. The minimum Gasteiger partial charge on any atom is -0.504 e. The lowest BCUT2D eigenvalue weighted by Gasteiger charge is -2.06. The van der Waals surface area contributed by atoms with Crippen molar-refractivity contribution in [2.45, 2.75) is 6.92 Å². The Bertz CT molecular complexity index is 875. The molecule has 0 radical (unpaired) electrons. The molecule has 0 bridgehead atoms. The molecule has 0 saturated heterocycles. The van der Waals surface area contributed by atoms with Gasteiger partial charge in [0, 0.05) is 5.39 Å². The Balaban J connectivity index is 1.80. The van der Waals surface area contributed by atoms with Crippen LogP contribution in [0.4, 0.5) is 5.82 Å². The molecule has 0 aliphatic rings. The average Bonchev–Trinajstić information content (AvgIpc) is 2.56. The number of nitrogens with one attached hydrogen (secondary N) is 1. The first-order valence-electron chi connectivity index (χ1n) is 7.20. The molecule has 3 rings (SSSR count). The zero-order chi connectivity index (χ0) is 16.2. The number of ether oxygens (including phenoxy) is 1. The van der Waals surface area contributed by atoms with Crippen molar-refractivity contribution < 1.29 is 9.84 Å². The van der Waals surface area contributed by atoms with E-state index in [0.717, 1.165) is 22.0 Å². The summed E-state index contributed by atoms with van der Waals surface area (Å²) in [4.78, 5) is 4.53. The summed E-state index contributed by atoms with van der Waals surface area (Å²) in [5, 5.41) is 14.9. The molecular formula is C18H17N3O2. The van der Waals surface area contributed by atoms with E-state index in [9.17, 15) is 5.11 Å². The topological polar surface area (TPSA) is 66.7 Å². The lowest BCUT2D eigenvalue weighted by molar-refractivity contribution is 0.373. The number of hydrogen-bond acceptors (Lipinski definition) is 5. The number of hydrogen-bond donors (Lipinski definition) is 2. The van der Waals surface area contributed by atoms with E-state index in [2.05, 4.69) is 15.5 Å². The van der Waals surface area contributed by atoms with Crippen molar-refractivity contribution in [3.8, 4) is 11.5 Å². The van der Waals surface area contributed by atoms with E-state index >= 15 is 0 Å². The molecule has 2 N–H and O–H groups in total. The molecule has 0 unspecified atom stereocenters. The molecule has 2 aromatic carbocycles. The standard InChI is InChI=1S/C18H17N3O2/c1-12-9-18(20-15-6-4-3-5-14(12)15)21-19-11-13-7-8-16(22)17(10-13)23-2/h3-11,22H,1-2H3,(H,20,21)/b19-11+.